The maximum absolute atomic E-state index is 5.98. The van der Waals surface area contributed by atoms with E-state index in [0.29, 0.717) is 6.04 Å². The summed E-state index contributed by atoms with van der Waals surface area (Å²) in [6.07, 6.45) is 3.90. The first-order chi connectivity index (χ1) is 7.63. The first-order valence-corrected chi connectivity index (χ1v) is 7.08. The molecule has 0 saturated carbocycles. The van der Waals surface area contributed by atoms with Gasteiger partial charge in [-0.05, 0) is 30.7 Å². The van der Waals surface area contributed by atoms with E-state index in [9.17, 15) is 0 Å². The second kappa shape index (κ2) is 6.61. The van der Waals surface area contributed by atoms with Crippen LogP contribution in [-0.4, -0.2) is 30.6 Å². The Morgan fingerprint density at radius 1 is 1.25 bits per heavy atom. The molecule has 0 aromatic heterocycles. The van der Waals surface area contributed by atoms with Crippen LogP contribution in [0.15, 0.2) is 0 Å². The molecule has 1 aliphatic rings. The Kier molecular flexibility index (Phi) is 5.77. The van der Waals surface area contributed by atoms with Gasteiger partial charge in [0.25, 0.3) is 0 Å². The Labute approximate surface area is 102 Å². The average Bonchev–Trinajstić information content (AvgIpc) is 2.74. The minimum Gasteiger partial charge on any atom is -0.329 e. The number of likely N-dealkylation sites (tertiary alicyclic amines) is 1. The molecule has 1 fully saturated rings. The van der Waals surface area contributed by atoms with Crippen molar-refractivity contribution < 1.29 is 0 Å². The Hall–Kier alpha value is -0.0800. The predicted molar refractivity (Wildman–Crippen MR) is 71.4 cm³/mol. The number of hydrogen-bond donors (Lipinski definition) is 1. The van der Waals surface area contributed by atoms with Crippen molar-refractivity contribution in [1.29, 1.82) is 0 Å². The number of nitrogens with zero attached hydrogens (tertiary/aromatic N) is 1. The van der Waals surface area contributed by atoms with E-state index >= 15 is 0 Å². The average molecular weight is 226 g/mol. The largest absolute Gasteiger partial charge is 0.329 e. The maximum atomic E-state index is 5.98. The Morgan fingerprint density at radius 3 is 2.25 bits per heavy atom. The molecule has 2 nitrogen and oxygen atoms in total. The van der Waals surface area contributed by atoms with Crippen LogP contribution in [0.25, 0.3) is 0 Å². The first-order valence-electron chi connectivity index (χ1n) is 7.08. The lowest BCUT2D eigenvalue weighted by molar-refractivity contribution is 0.161. The lowest BCUT2D eigenvalue weighted by Crippen LogP contribution is -2.44. The van der Waals surface area contributed by atoms with Crippen molar-refractivity contribution in [2.45, 2.75) is 53.0 Å². The molecule has 1 rings (SSSR count). The molecule has 0 aromatic carbocycles. The fourth-order valence-corrected chi connectivity index (χ4v) is 3.13. The summed E-state index contributed by atoms with van der Waals surface area (Å²) in [7, 11) is 0. The highest BCUT2D eigenvalue weighted by Gasteiger charge is 2.31. The van der Waals surface area contributed by atoms with Gasteiger partial charge in [-0.2, -0.15) is 0 Å². The molecule has 16 heavy (non-hydrogen) atoms. The Balaban J connectivity index is 2.55. The van der Waals surface area contributed by atoms with Crippen molar-refractivity contribution in [3.63, 3.8) is 0 Å². The molecule has 1 aliphatic heterocycles. The fraction of sp³-hybridized carbons (Fsp3) is 1.00. The summed E-state index contributed by atoms with van der Waals surface area (Å²) < 4.78 is 0. The molecule has 96 valence electrons. The SMILES string of the molecule is CCC(CC)C(CN)N1CCC(C(C)C)C1. The van der Waals surface area contributed by atoms with Crippen molar-refractivity contribution in [3.8, 4) is 0 Å². The van der Waals surface area contributed by atoms with E-state index in [0.717, 1.165) is 24.3 Å². The van der Waals surface area contributed by atoms with Crippen LogP contribution < -0.4 is 5.73 Å². The zero-order valence-electron chi connectivity index (χ0n) is 11.6. The summed E-state index contributed by atoms with van der Waals surface area (Å²) in [6, 6.07) is 0.624. The van der Waals surface area contributed by atoms with Crippen LogP contribution in [0.1, 0.15) is 47.0 Å². The summed E-state index contributed by atoms with van der Waals surface area (Å²) in [5.41, 5.74) is 5.98. The van der Waals surface area contributed by atoms with Gasteiger partial charge in [-0.1, -0.05) is 40.5 Å². The molecule has 0 spiro atoms. The molecular formula is C14H30N2. The van der Waals surface area contributed by atoms with E-state index < -0.39 is 0 Å². The van der Waals surface area contributed by atoms with Gasteiger partial charge in [0.15, 0.2) is 0 Å². The highest BCUT2D eigenvalue weighted by molar-refractivity contribution is 4.86. The Morgan fingerprint density at radius 2 is 1.88 bits per heavy atom. The topological polar surface area (TPSA) is 29.3 Å². The van der Waals surface area contributed by atoms with Gasteiger partial charge >= 0.3 is 0 Å². The van der Waals surface area contributed by atoms with Gasteiger partial charge in [-0.15, -0.1) is 0 Å². The van der Waals surface area contributed by atoms with Crippen LogP contribution in [0.2, 0.25) is 0 Å². The van der Waals surface area contributed by atoms with E-state index in [4.69, 9.17) is 5.73 Å². The molecular weight excluding hydrogens is 196 g/mol. The molecule has 0 bridgehead atoms. The molecule has 2 N–H and O–H groups in total. The van der Waals surface area contributed by atoms with Gasteiger partial charge in [-0.25, -0.2) is 0 Å². The molecule has 2 heteroatoms. The third kappa shape index (κ3) is 3.21. The second-order valence-electron chi connectivity index (χ2n) is 5.67. The third-order valence-electron chi connectivity index (χ3n) is 4.50. The monoisotopic (exact) mass is 226 g/mol. The highest BCUT2D eigenvalue weighted by Crippen LogP contribution is 2.28. The first kappa shape index (κ1) is 14.0. The van der Waals surface area contributed by atoms with Crippen molar-refractivity contribution in [3.05, 3.63) is 0 Å². The number of hydrogen-bond acceptors (Lipinski definition) is 2. The zero-order valence-corrected chi connectivity index (χ0v) is 11.6. The summed E-state index contributed by atoms with van der Waals surface area (Å²) >= 11 is 0. The normalized spacial score (nSPS) is 24.6. The quantitative estimate of drug-likeness (QED) is 0.754. The summed E-state index contributed by atoms with van der Waals surface area (Å²) in [5, 5.41) is 0. The second-order valence-corrected chi connectivity index (χ2v) is 5.67. The predicted octanol–water partition coefficient (Wildman–Crippen LogP) is 2.73. The highest BCUT2D eigenvalue weighted by atomic mass is 15.2. The van der Waals surface area contributed by atoms with Gasteiger partial charge in [0.05, 0.1) is 0 Å². The molecule has 0 amide bonds. The molecule has 2 unspecified atom stereocenters. The molecule has 0 radical (unpaired) electrons. The Bertz CT molecular complexity index is 187. The summed E-state index contributed by atoms with van der Waals surface area (Å²) in [5.74, 6) is 2.50. The van der Waals surface area contributed by atoms with Crippen LogP contribution in [0, 0.1) is 17.8 Å². The maximum Gasteiger partial charge on any atom is 0.0246 e. The lowest BCUT2D eigenvalue weighted by Gasteiger charge is -2.33. The van der Waals surface area contributed by atoms with E-state index in [1.165, 1.54) is 32.4 Å². The van der Waals surface area contributed by atoms with Gasteiger partial charge in [0.2, 0.25) is 0 Å². The van der Waals surface area contributed by atoms with Crippen molar-refractivity contribution in [1.82, 2.24) is 4.90 Å². The van der Waals surface area contributed by atoms with Crippen LogP contribution in [-0.2, 0) is 0 Å². The molecule has 1 heterocycles. The molecule has 0 aromatic rings. The van der Waals surface area contributed by atoms with Crippen LogP contribution in [0.5, 0.6) is 0 Å². The zero-order chi connectivity index (χ0) is 12.1. The smallest absolute Gasteiger partial charge is 0.0246 e. The minimum atomic E-state index is 0.624. The van der Waals surface area contributed by atoms with Crippen molar-refractivity contribution in [2.24, 2.45) is 23.5 Å². The standard InChI is InChI=1S/C14H30N2/c1-5-12(6-2)14(9-15)16-8-7-13(10-16)11(3)4/h11-14H,5-10,15H2,1-4H3. The van der Waals surface area contributed by atoms with E-state index in [1.54, 1.807) is 0 Å². The van der Waals surface area contributed by atoms with Crippen molar-refractivity contribution >= 4 is 0 Å². The van der Waals surface area contributed by atoms with Gasteiger partial charge in [-0.3, -0.25) is 4.90 Å². The lowest BCUT2D eigenvalue weighted by atomic mass is 9.92. The van der Waals surface area contributed by atoms with Gasteiger partial charge < -0.3 is 5.73 Å². The minimum absolute atomic E-state index is 0.624. The molecule has 1 saturated heterocycles. The fourth-order valence-electron chi connectivity index (χ4n) is 3.13. The summed E-state index contributed by atoms with van der Waals surface area (Å²) in [4.78, 5) is 2.66. The van der Waals surface area contributed by atoms with Crippen molar-refractivity contribution in [2.75, 3.05) is 19.6 Å². The van der Waals surface area contributed by atoms with Gasteiger partial charge in [0.1, 0.15) is 0 Å². The van der Waals surface area contributed by atoms with E-state index in [2.05, 4.69) is 32.6 Å². The molecule has 2 atom stereocenters. The third-order valence-corrected chi connectivity index (χ3v) is 4.50. The molecule has 0 aliphatic carbocycles. The number of nitrogens with two attached hydrogens (primary N) is 1. The van der Waals surface area contributed by atoms with Crippen LogP contribution in [0.4, 0.5) is 0 Å². The van der Waals surface area contributed by atoms with Crippen LogP contribution in [0.3, 0.4) is 0 Å². The number of rotatable bonds is 6. The van der Waals surface area contributed by atoms with E-state index in [-0.39, 0.29) is 0 Å². The van der Waals surface area contributed by atoms with Gasteiger partial charge in [0, 0.05) is 19.1 Å². The summed E-state index contributed by atoms with van der Waals surface area (Å²) in [6.45, 7) is 12.7. The van der Waals surface area contributed by atoms with E-state index in [1.807, 2.05) is 0 Å². The van der Waals surface area contributed by atoms with Crippen LogP contribution >= 0.6 is 0 Å².